The quantitative estimate of drug-likeness (QED) is 0.727. The lowest BCUT2D eigenvalue weighted by atomic mass is 9.89. The number of carbonyl (C=O) groups excluding carboxylic acids is 1. The molecule has 2 aliphatic rings. The van der Waals surface area contributed by atoms with Crippen molar-refractivity contribution in [2.75, 3.05) is 19.6 Å². The van der Waals surface area contributed by atoms with Gasteiger partial charge in [0, 0.05) is 6.54 Å². The summed E-state index contributed by atoms with van der Waals surface area (Å²) in [6.45, 7) is 6.91. The van der Waals surface area contributed by atoms with Crippen molar-refractivity contribution in [3.05, 3.63) is 0 Å². The number of hydrogen-bond donors (Lipinski definition) is 2. The number of morpholine rings is 1. The molecule has 2 saturated heterocycles. The van der Waals surface area contributed by atoms with Gasteiger partial charge in [0.15, 0.2) is 0 Å². The Balaban J connectivity index is 2.00. The maximum atomic E-state index is 11.7. The molecular formula is C12H22N2O2. The number of hydrogen-bond acceptors (Lipinski definition) is 3. The van der Waals surface area contributed by atoms with Crippen LogP contribution in [0.2, 0.25) is 0 Å². The number of nitrogens with one attached hydrogen (secondary N) is 2. The highest BCUT2D eigenvalue weighted by molar-refractivity contribution is 5.81. The van der Waals surface area contributed by atoms with Crippen molar-refractivity contribution in [1.29, 1.82) is 0 Å². The molecule has 2 N–H and O–H groups in total. The standard InChI is InChI=1S/C12H22N2O2/c1-9(2)7-10-11(15)14-8-12(16-10)3-5-13-6-4-12/h9-10,13H,3-8H2,1-2H3,(H,14,15). The Kier molecular flexibility index (Phi) is 3.50. The van der Waals surface area contributed by atoms with Crippen LogP contribution in [0.15, 0.2) is 0 Å². The van der Waals surface area contributed by atoms with Crippen LogP contribution >= 0.6 is 0 Å². The molecule has 0 radical (unpaired) electrons. The average Bonchev–Trinajstić information content (AvgIpc) is 2.24. The Morgan fingerprint density at radius 1 is 1.44 bits per heavy atom. The first-order valence-corrected chi connectivity index (χ1v) is 6.28. The van der Waals surface area contributed by atoms with Gasteiger partial charge in [-0.05, 0) is 38.3 Å². The average molecular weight is 226 g/mol. The van der Waals surface area contributed by atoms with Gasteiger partial charge in [-0.1, -0.05) is 13.8 Å². The Bertz CT molecular complexity index is 260. The number of carbonyl (C=O) groups is 1. The van der Waals surface area contributed by atoms with Gasteiger partial charge < -0.3 is 15.4 Å². The maximum absolute atomic E-state index is 11.7. The summed E-state index contributed by atoms with van der Waals surface area (Å²) in [7, 11) is 0. The van der Waals surface area contributed by atoms with Gasteiger partial charge in [-0.2, -0.15) is 0 Å². The van der Waals surface area contributed by atoms with Gasteiger partial charge in [-0.3, -0.25) is 4.79 Å². The Morgan fingerprint density at radius 3 is 2.75 bits per heavy atom. The minimum absolute atomic E-state index is 0.0675. The zero-order valence-corrected chi connectivity index (χ0v) is 10.2. The van der Waals surface area contributed by atoms with Crippen LogP contribution in [0.3, 0.4) is 0 Å². The van der Waals surface area contributed by atoms with E-state index in [1.54, 1.807) is 0 Å². The van der Waals surface area contributed by atoms with Gasteiger partial charge in [0.25, 0.3) is 0 Å². The molecule has 2 heterocycles. The summed E-state index contributed by atoms with van der Waals surface area (Å²) in [6.07, 6.45) is 2.58. The normalized spacial score (nSPS) is 29.4. The molecule has 4 nitrogen and oxygen atoms in total. The lowest BCUT2D eigenvalue weighted by Gasteiger charge is -2.44. The lowest BCUT2D eigenvalue weighted by Crippen LogP contribution is -2.60. The molecule has 4 heteroatoms. The van der Waals surface area contributed by atoms with E-state index in [4.69, 9.17) is 4.74 Å². The fourth-order valence-corrected chi connectivity index (χ4v) is 2.52. The van der Waals surface area contributed by atoms with E-state index in [-0.39, 0.29) is 17.6 Å². The summed E-state index contributed by atoms with van der Waals surface area (Å²) < 4.78 is 6.09. The van der Waals surface area contributed by atoms with Crippen molar-refractivity contribution in [1.82, 2.24) is 10.6 Å². The fourth-order valence-electron chi connectivity index (χ4n) is 2.52. The molecule has 0 aliphatic carbocycles. The van der Waals surface area contributed by atoms with Gasteiger partial charge in [0.05, 0.1) is 5.60 Å². The molecule has 0 aromatic heterocycles. The van der Waals surface area contributed by atoms with Crippen LogP contribution in [0.1, 0.15) is 33.1 Å². The topological polar surface area (TPSA) is 50.4 Å². The SMILES string of the molecule is CC(C)CC1OC2(CCNCC2)CNC1=O. The second-order valence-electron chi connectivity index (χ2n) is 5.39. The predicted molar refractivity (Wildman–Crippen MR) is 62.2 cm³/mol. The van der Waals surface area contributed by atoms with Crippen LogP contribution in [0, 0.1) is 5.92 Å². The number of rotatable bonds is 2. The zero-order chi connectivity index (χ0) is 11.6. The van der Waals surface area contributed by atoms with Crippen LogP contribution in [0.5, 0.6) is 0 Å². The van der Waals surface area contributed by atoms with E-state index in [2.05, 4.69) is 24.5 Å². The van der Waals surface area contributed by atoms with Crippen molar-refractivity contribution >= 4 is 5.91 Å². The third-order valence-electron chi connectivity index (χ3n) is 3.47. The Labute approximate surface area is 97.1 Å². The van der Waals surface area contributed by atoms with E-state index < -0.39 is 0 Å². The molecule has 92 valence electrons. The van der Waals surface area contributed by atoms with Gasteiger partial charge in [-0.15, -0.1) is 0 Å². The maximum Gasteiger partial charge on any atom is 0.249 e. The number of piperidine rings is 1. The molecule has 0 saturated carbocycles. The van der Waals surface area contributed by atoms with Crippen molar-refractivity contribution in [2.24, 2.45) is 5.92 Å². The summed E-state index contributed by atoms with van der Waals surface area (Å²) in [5.74, 6) is 0.561. The van der Waals surface area contributed by atoms with E-state index in [1.165, 1.54) is 0 Å². The van der Waals surface area contributed by atoms with Crippen LogP contribution < -0.4 is 10.6 Å². The van der Waals surface area contributed by atoms with E-state index in [0.29, 0.717) is 12.5 Å². The third kappa shape index (κ3) is 2.55. The second-order valence-corrected chi connectivity index (χ2v) is 5.39. The van der Waals surface area contributed by atoms with E-state index in [0.717, 1.165) is 32.4 Å². The molecule has 0 aromatic rings. The van der Waals surface area contributed by atoms with Crippen molar-refractivity contribution in [3.8, 4) is 0 Å². The lowest BCUT2D eigenvalue weighted by molar-refractivity contribution is -0.168. The first kappa shape index (κ1) is 11.9. The zero-order valence-electron chi connectivity index (χ0n) is 10.2. The molecule has 2 aliphatic heterocycles. The number of ether oxygens (including phenoxy) is 1. The van der Waals surface area contributed by atoms with E-state index in [1.807, 2.05) is 0 Å². The van der Waals surface area contributed by atoms with Gasteiger partial charge in [0.1, 0.15) is 6.10 Å². The molecule has 1 spiro atoms. The van der Waals surface area contributed by atoms with Crippen LogP contribution in [0.4, 0.5) is 0 Å². The highest BCUT2D eigenvalue weighted by atomic mass is 16.5. The smallest absolute Gasteiger partial charge is 0.249 e. The fraction of sp³-hybridized carbons (Fsp3) is 0.917. The van der Waals surface area contributed by atoms with Gasteiger partial charge >= 0.3 is 0 Å². The molecule has 0 aromatic carbocycles. The summed E-state index contributed by atoms with van der Waals surface area (Å²) in [4.78, 5) is 11.7. The largest absolute Gasteiger partial charge is 0.360 e. The summed E-state index contributed by atoms with van der Waals surface area (Å²) in [6, 6.07) is 0. The van der Waals surface area contributed by atoms with Crippen LogP contribution in [-0.4, -0.2) is 37.2 Å². The molecule has 2 rings (SSSR count). The molecule has 2 fully saturated rings. The molecule has 16 heavy (non-hydrogen) atoms. The Hall–Kier alpha value is -0.610. The van der Waals surface area contributed by atoms with Crippen LogP contribution in [0.25, 0.3) is 0 Å². The Morgan fingerprint density at radius 2 is 2.12 bits per heavy atom. The summed E-state index contributed by atoms with van der Waals surface area (Å²) in [5.41, 5.74) is -0.0985. The summed E-state index contributed by atoms with van der Waals surface area (Å²) in [5, 5.41) is 6.34. The van der Waals surface area contributed by atoms with E-state index >= 15 is 0 Å². The molecule has 0 bridgehead atoms. The minimum atomic E-state index is -0.244. The predicted octanol–water partition coefficient (Wildman–Crippen LogP) is 0.670. The first-order valence-electron chi connectivity index (χ1n) is 6.28. The molecular weight excluding hydrogens is 204 g/mol. The van der Waals surface area contributed by atoms with Crippen molar-refractivity contribution < 1.29 is 9.53 Å². The molecule has 1 atom stereocenters. The van der Waals surface area contributed by atoms with Crippen molar-refractivity contribution in [3.63, 3.8) is 0 Å². The summed E-state index contributed by atoms with van der Waals surface area (Å²) >= 11 is 0. The van der Waals surface area contributed by atoms with Crippen LogP contribution in [-0.2, 0) is 9.53 Å². The van der Waals surface area contributed by atoms with Gasteiger partial charge in [-0.25, -0.2) is 0 Å². The first-order chi connectivity index (χ1) is 7.61. The third-order valence-corrected chi connectivity index (χ3v) is 3.47. The van der Waals surface area contributed by atoms with E-state index in [9.17, 15) is 4.79 Å². The molecule has 1 amide bonds. The van der Waals surface area contributed by atoms with Crippen molar-refractivity contribution in [2.45, 2.75) is 44.8 Å². The van der Waals surface area contributed by atoms with Gasteiger partial charge in [0.2, 0.25) is 5.91 Å². The number of amides is 1. The second kappa shape index (κ2) is 4.72. The monoisotopic (exact) mass is 226 g/mol. The highest BCUT2D eigenvalue weighted by Gasteiger charge is 2.41. The minimum Gasteiger partial charge on any atom is -0.360 e. The highest BCUT2D eigenvalue weighted by Crippen LogP contribution is 2.29. The molecule has 1 unspecified atom stereocenters.